The normalized spacial score (nSPS) is 27.2. The zero-order valence-corrected chi connectivity index (χ0v) is 19.2. The number of ether oxygens (including phenoxy) is 5. The van der Waals surface area contributed by atoms with E-state index < -0.39 is 48.6 Å². The molecular formula is C22H38O8. The molecule has 0 radical (unpaired) electrons. The predicted octanol–water partition coefficient (Wildman–Crippen LogP) is 3.68. The van der Waals surface area contributed by atoms with Gasteiger partial charge in [0.1, 0.15) is 0 Å². The van der Waals surface area contributed by atoms with Gasteiger partial charge in [-0.25, -0.2) is 0 Å². The van der Waals surface area contributed by atoms with Crippen LogP contribution in [-0.2, 0) is 38.1 Å². The van der Waals surface area contributed by atoms with E-state index in [0.717, 1.165) is 19.3 Å². The number of esters is 3. The van der Waals surface area contributed by atoms with Crippen LogP contribution in [0.1, 0.15) is 86.5 Å². The third-order valence-corrected chi connectivity index (χ3v) is 4.96. The fraction of sp³-hybridized carbons (Fsp3) is 0.864. The molecule has 0 aliphatic carbocycles. The van der Waals surface area contributed by atoms with Crippen LogP contribution in [0.2, 0.25) is 0 Å². The molecule has 1 fully saturated rings. The van der Waals surface area contributed by atoms with Gasteiger partial charge < -0.3 is 23.7 Å². The van der Waals surface area contributed by atoms with Gasteiger partial charge >= 0.3 is 17.9 Å². The summed E-state index contributed by atoms with van der Waals surface area (Å²) in [5, 5.41) is 0. The summed E-state index contributed by atoms with van der Waals surface area (Å²) in [5.41, 5.74) is 0. The quantitative estimate of drug-likeness (QED) is 0.263. The summed E-state index contributed by atoms with van der Waals surface area (Å²) in [4.78, 5) is 34.9. The number of carbonyl (C=O) groups is 3. The Balaban J connectivity index is 2.82. The summed E-state index contributed by atoms with van der Waals surface area (Å²) < 4.78 is 28.0. The van der Waals surface area contributed by atoms with Crippen LogP contribution in [0.5, 0.6) is 0 Å². The van der Waals surface area contributed by atoms with Gasteiger partial charge in [-0.05, 0) is 20.3 Å². The standard InChI is InChI=1S/C22H38O8/c1-7-8-9-10-11-12-13-14(2)26-22-21(30-18(6)25)20(29-17(5)24)19(15(3)27-22)28-16(4)23/h14-15,19-22H,7-13H2,1-6H3/t14-,15-,19-,20+,21+,22+/m0/s1. The second-order valence-electron chi connectivity index (χ2n) is 7.93. The summed E-state index contributed by atoms with van der Waals surface area (Å²) in [6.45, 7) is 9.57. The first-order chi connectivity index (χ1) is 14.1. The average molecular weight is 431 g/mol. The van der Waals surface area contributed by atoms with Crippen molar-refractivity contribution in [3.8, 4) is 0 Å². The Morgan fingerprint density at radius 1 is 0.800 bits per heavy atom. The van der Waals surface area contributed by atoms with Crippen molar-refractivity contribution in [2.24, 2.45) is 0 Å². The molecule has 8 heteroatoms. The van der Waals surface area contributed by atoms with Gasteiger partial charge in [0.05, 0.1) is 12.2 Å². The van der Waals surface area contributed by atoms with Gasteiger partial charge in [0.2, 0.25) is 0 Å². The zero-order valence-electron chi connectivity index (χ0n) is 19.2. The first-order valence-electron chi connectivity index (χ1n) is 11.0. The van der Waals surface area contributed by atoms with E-state index in [1.807, 2.05) is 6.92 Å². The van der Waals surface area contributed by atoms with Crippen LogP contribution in [0.4, 0.5) is 0 Å². The maximum absolute atomic E-state index is 11.7. The molecule has 0 amide bonds. The molecule has 6 atom stereocenters. The van der Waals surface area contributed by atoms with Gasteiger partial charge in [0, 0.05) is 20.8 Å². The smallest absolute Gasteiger partial charge is 0.303 e. The molecule has 174 valence electrons. The third kappa shape index (κ3) is 9.43. The highest BCUT2D eigenvalue weighted by molar-refractivity contribution is 5.68. The van der Waals surface area contributed by atoms with Gasteiger partial charge in [0.15, 0.2) is 24.6 Å². The van der Waals surface area contributed by atoms with Crippen LogP contribution in [0.15, 0.2) is 0 Å². The Bertz CT molecular complexity index is 549. The maximum Gasteiger partial charge on any atom is 0.303 e. The fourth-order valence-corrected chi connectivity index (χ4v) is 3.59. The molecular weight excluding hydrogens is 392 g/mol. The van der Waals surface area contributed by atoms with Crippen molar-refractivity contribution in [2.45, 2.75) is 123 Å². The summed E-state index contributed by atoms with van der Waals surface area (Å²) in [6.07, 6.45) is 3.23. The molecule has 0 aromatic rings. The highest BCUT2D eigenvalue weighted by Gasteiger charge is 2.51. The highest BCUT2D eigenvalue weighted by Crippen LogP contribution is 2.30. The minimum absolute atomic E-state index is 0.144. The van der Waals surface area contributed by atoms with Gasteiger partial charge in [0.25, 0.3) is 0 Å². The molecule has 1 heterocycles. The van der Waals surface area contributed by atoms with Crippen molar-refractivity contribution in [1.29, 1.82) is 0 Å². The van der Waals surface area contributed by atoms with Gasteiger partial charge in [-0.3, -0.25) is 14.4 Å². The molecule has 1 aliphatic rings. The van der Waals surface area contributed by atoms with Crippen molar-refractivity contribution in [3.63, 3.8) is 0 Å². The molecule has 0 aromatic heterocycles. The lowest BCUT2D eigenvalue weighted by molar-refractivity contribution is -0.309. The number of unbranched alkanes of at least 4 members (excludes halogenated alkanes) is 5. The Morgan fingerprint density at radius 3 is 1.87 bits per heavy atom. The number of carbonyl (C=O) groups excluding carboxylic acids is 3. The summed E-state index contributed by atoms with van der Waals surface area (Å²) in [6, 6.07) is 0. The van der Waals surface area contributed by atoms with Gasteiger partial charge in [-0.1, -0.05) is 45.4 Å². The molecule has 8 nitrogen and oxygen atoms in total. The van der Waals surface area contributed by atoms with Crippen LogP contribution in [0, 0.1) is 0 Å². The van der Waals surface area contributed by atoms with Crippen LogP contribution >= 0.6 is 0 Å². The molecule has 0 saturated carbocycles. The minimum Gasteiger partial charge on any atom is -0.456 e. The molecule has 0 bridgehead atoms. The average Bonchev–Trinajstić information content (AvgIpc) is 2.63. The topological polar surface area (TPSA) is 97.4 Å². The number of hydrogen-bond acceptors (Lipinski definition) is 8. The number of rotatable bonds is 12. The van der Waals surface area contributed by atoms with Crippen molar-refractivity contribution >= 4 is 17.9 Å². The Morgan fingerprint density at radius 2 is 1.30 bits per heavy atom. The van der Waals surface area contributed by atoms with Crippen molar-refractivity contribution in [3.05, 3.63) is 0 Å². The molecule has 1 saturated heterocycles. The molecule has 1 rings (SSSR count). The predicted molar refractivity (Wildman–Crippen MR) is 110 cm³/mol. The summed E-state index contributed by atoms with van der Waals surface area (Å²) in [5.74, 6) is -1.71. The minimum atomic E-state index is -1.04. The van der Waals surface area contributed by atoms with E-state index in [1.54, 1.807) is 6.92 Å². The van der Waals surface area contributed by atoms with Gasteiger partial charge in [-0.15, -0.1) is 0 Å². The van der Waals surface area contributed by atoms with Crippen LogP contribution in [0.3, 0.4) is 0 Å². The van der Waals surface area contributed by atoms with E-state index >= 15 is 0 Å². The summed E-state index contributed by atoms with van der Waals surface area (Å²) in [7, 11) is 0. The Kier molecular flexibility index (Phi) is 11.9. The lowest BCUT2D eigenvalue weighted by atomic mass is 9.98. The lowest BCUT2D eigenvalue weighted by Crippen LogP contribution is -2.61. The van der Waals surface area contributed by atoms with E-state index in [-0.39, 0.29) is 6.10 Å². The van der Waals surface area contributed by atoms with E-state index in [1.165, 1.54) is 46.5 Å². The first-order valence-corrected chi connectivity index (χ1v) is 11.0. The number of hydrogen-bond donors (Lipinski definition) is 0. The van der Waals surface area contributed by atoms with E-state index in [9.17, 15) is 14.4 Å². The van der Waals surface area contributed by atoms with E-state index in [2.05, 4.69) is 6.92 Å². The van der Waals surface area contributed by atoms with Crippen LogP contribution < -0.4 is 0 Å². The summed E-state index contributed by atoms with van der Waals surface area (Å²) >= 11 is 0. The molecule has 0 N–H and O–H groups in total. The molecule has 0 spiro atoms. The molecule has 1 aliphatic heterocycles. The highest BCUT2D eigenvalue weighted by atomic mass is 16.7. The largest absolute Gasteiger partial charge is 0.456 e. The SMILES string of the molecule is CCCCCCCC[C@H](C)O[C@@H]1O[C@@H](C)[C@H](OC(C)=O)[C@@H](OC(C)=O)[C@H]1OC(C)=O. The van der Waals surface area contributed by atoms with Crippen molar-refractivity contribution in [1.82, 2.24) is 0 Å². The van der Waals surface area contributed by atoms with Gasteiger partial charge in [-0.2, -0.15) is 0 Å². The maximum atomic E-state index is 11.7. The molecule has 30 heavy (non-hydrogen) atoms. The molecule has 0 unspecified atom stereocenters. The zero-order chi connectivity index (χ0) is 22.7. The van der Waals surface area contributed by atoms with Crippen LogP contribution in [0.25, 0.3) is 0 Å². The lowest BCUT2D eigenvalue weighted by Gasteiger charge is -2.44. The third-order valence-electron chi connectivity index (χ3n) is 4.96. The molecule has 0 aromatic carbocycles. The monoisotopic (exact) mass is 430 g/mol. The van der Waals surface area contributed by atoms with Crippen molar-refractivity contribution < 1.29 is 38.1 Å². The second-order valence-corrected chi connectivity index (χ2v) is 7.93. The van der Waals surface area contributed by atoms with Crippen LogP contribution in [-0.4, -0.2) is 54.7 Å². The first kappa shape index (κ1) is 26.4. The Hall–Kier alpha value is -1.67. The van der Waals surface area contributed by atoms with Crippen molar-refractivity contribution in [2.75, 3.05) is 0 Å². The van der Waals surface area contributed by atoms with E-state index in [0.29, 0.717) is 0 Å². The Labute approximate surface area is 179 Å². The van der Waals surface area contributed by atoms with E-state index in [4.69, 9.17) is 23.7 Å². The second kappa shape index (κ2) is 13.6. The fourth-order valence-electron chi connectivity index (χ4n) is 3.59.